The standard InChI is InChI=1S/C11H14O3/c1-5-4-6-10(2,3)7-8(12)14-9(13)11(5,6)7/h5-7H,4H2,1-3H3. The summed E-state index contributed by atoms with van der Waals surface area (Å²) in [4.78, 5) is 23.2. The molecule has 3 fully saturated rings. The molecule has 1 aliphatic heterocycles. The van der Waals surface area contributed by atoms with Gasteiger partial charge in [0, 0.05) is 0 Å². The van der Waals surface area contributed by atoms with E-state index in [-0.39, 0.29) is 23.3 Å². The van der Waals surface area contributed by atoms with Crippen LogP contribution < -0.4 is 0 Å². The third-order valence-corrected chi connectivity index (χ3v) is 4.88. The van der Waals surface area contributed by atoms with Crippen LogP contribution in [-0.4, -0.2) is 11.9 Å². The minimum Gasteiger partial charge on any atom is -0.392 e. The van der Waals surface area contributed by atoms with Crippen molar-refractivity contribution < 1.29 is 14.3 Å². The number of carbonyl (C=O) groups excluding carboxylic acids is 2. The van der Waals surface area contributed by atoms with E-state index >= 15 is 0 Å². The third kappa shape index (κ3) is 0.515. The van der Waals surface area contributed by atoms with Crippen LogP contribution in [0.3, 0.4) is 0 Å². The summed E-state index contributed by atoms with van der Waals surface area (Å²) < 4.78 is 4.80. The first kappa shape index (κ1) is 8.45. The number of hydrogen-bond donors (Lipinski definition) is 0. The molecule has 3 rings (SSSR count). The molecule has 0 bridgehead atoms. The minimum atomic E-state index is -0.416. The van der Waals surface area contributed by atoms with Gasteiger partial charge in [-0.05, 0) is 23.7 Å². The van der Waals surface area contributed by atoms with Crippen molar-refractivity contribution in [2.24, 2.45) is 28.6 Å². The van der Waals surface area contributed by atoms with Gasteiger partial charge in [-0.1, -0.05) is 20.8 Å². The van der Waals surface area contributed by atoms with Crippen LogP contribution in [0.2, 0.25) is 0 Å². The Morgan fingerprint density at radius 2 is 2.00 bits per heavy atom. The molecule has 3 nitrogen and oxygen atoms in total. The van der Waals surface area contributed by atoms with Crippen molar-refractivity contribution in [2.75, 3.05) is 0 Å². The lowest BCUT2D eigenvalue weighted by Gasteiger charge is -2.70. The van der Waals surface area contributed by atoms with Crippen molar-refractivity contribution in [3.05, 3.63) is 0 Å². The maximum atomic E-state index is 11.7. The van der Waals surface area contributed by atoms with Crippen molar-refractivity contribution in [1.29, 1.82) is 0 Å². The third-order valence-electron chi connectivity index (χ3n) is 4.88. The van der Waals surface area contributed by atoms with Crippen LogP contribution >= 0.6 is 0 Å². The zero-order valence-corrected chi connectivity index (χ0v) is 8.66. The molecule has 0 N–H and O–H groups in total. The zero-order valence-electron chi connectivity index (χ0n) is 8.66. The van der Waals surface area contributed by atoms with E-state index in [1.165, 1.54) is 0 Å². The Morgan fingerprint density at radius 3 is 2.50 bits per heavy atom. The molecule has 0 amide bonds. The molecule has 0 aromatic heterocycles. The van der Waals surface area contributed by atoms with Crippen molar-refractivity contribution in [2.45, 2.75) is 27.2 Å². The van der Waals surface area contributed by atoms with Crippen molar-refractivity contribution in [1.82, 2.24) is 0 Å². The molecule has 14 heavy (non-hydrogen) atoms. The van der Waals surface area contributed by atoms with Crippen LogP contribution in [0.5, 0.6) is 0 Å². The van der Waals surface area contributed by atoms with E-state index in [2.05, 4.69) is 20.8 Å². The fraction of sp³-hybridized carbons (Fsp3) is 0.818. The van der Waals surface area contributed by atoms with Gasteiger partial charge in [-0.25, -0.2) is 0 Å². The monoisotopic (exact) mass is 194 g/mol. The van der Waals surface area contributed by atoms with Crippen LogP contribution in [0.1, 0.15) is 27.2 Å². The van der Waals surface area contributed by atoms with Crippen LogP contribution in [0, 0.1) is 28.6 Å². The number of carbonyl (C=O) groups is 2. The lowest BCUT2D eigenvalue weighted by atomic mass is 9.29. The van der Waals surface area contributed by atoms with Gasteiger partial charge >= 0.3 is 11.9 Å². The summed E-state index contributed by atoms with van der Waals surface area (Å²) in [7, 11) is 0. The Balaban J connectivity index is 2.11. The molecule has 2 saturated carbocycles. The quantitative estimate of drug-likeness (QED) is 0.432. The zero-order chi connectivity index (χ0) is 10.3. The Hall–Kier alpha value is -0.860. The first-order valence-corrected chi connectivity index (χ1v) is 5.19. The molecule has 1 spiro atoms. The molecular formula is C11H14O3. The molecule has 0 radical (unpaired) electrons. The van der Waals surface area contributed by atoms with E-state index in [0.717, 1.165) is 6.42 Å². The lowest BCUT2D eigenvalue weighted by Crippen LogP contribution is -2.73. The predicted molar refractivity (Wildman–Crippen MR) is 48.1 cm³/mol. The molecule has 76 valence electrons. The van der Waals surface area contributed by atoms with Crippen LogP contribution in [0.25, 0.3) is 0 Å². The Bertz CT molecular complexity index is 358. The number of esters is 2. The van der Waals surface area contributed by atoms with Gasteiger partial charge in [0.25, 0.3) is 0 Å². The van der Waals surface area contributed by atoms with Gasteiger partial charge in [0.1, 0.15) is 0 Å². The van der Waals surface area contributed by atoms with E-state index in [4.69, 9.17) is 4.74 Å². The molecular weight excluding hydrogens is 180 g/mol. The predicted octanol–water partition coefficient (Wildman–Crippen LogP) is 1.37. The van der Waals surface area contributed by atoms with Gasteiger partial charge < -0.3 is 4.74 Å². The maximum absolute atomic E-state index is 11.7. The van der Waals surface area contributed by atoms with Crippen LogP contribution in [0.15, 0.2) is 0 Å². The number of ether oxygens (including phenoxy) is 1. The van der Waals surface area contributed by atoms with Gasteiger partial charge in [-0.15, -0.1) is 0 Å². The molecule has 2 aliphatic carbocycles. The van der Waals surface area contributed by atoms with Gasteiger partial charge in [0.15, 0.2) is 0 Å². The first-order valence-electron chi connectivity index (χ1n) is 5.19. The highest BCUT2D eigenvalue weighted by Gasteiger charge is 2.83. The van der Waals surface area contributed by atoms with Gasteiger partial charge in [-0.2, -0.15) is 0 Å². The summed E-state index contributed by atoms with van der Waals surface area (Å²) in [6.45, 7) is 6.21. The van der Waals surface area contributed by atoms with Crippen molar-refractivity contribution >= 4 is 11.9 Å². The highest BCUT2D eigenvalue weighted by molar-refractivity contribution is 6.03. The van der Waals surface area contributed by atoms with E-state index in [0.29, 0.717) is 11.8 Å². The van der Waals surface area contributed by atoms with E-state index in [9.17, 15) is 9.59 Å². The van der Waals surface area contributed by atoms with Crippen LogP contribution in [-0.2, 0) is 14.3 Å². The summed E-state index contributed by atoms with van der Waals surface area (Å²) in [5.41, 5.74) is -0.448. The molecule has 0 aromatic carbocycles. The van der Waals surface area contributed by atoms with Gasteiger partial charge in [-0.3, -0.25) is 9.59 Å². The molecule has 1 heterocycles. The smallest absolute Gasteiger partial charge is 0.321 e. The minimum absolute atomic E-state index is 0.0320. The summed E-state index contributed by atoms with van der Waals surface area (Å²) in [6, 6.07) is 0. The maximum Gasteiger partial charge on any atom is 0.321 e. The second kappa shape index (κ2) is 1.90. The average Bonchev–Trinajstić information content (AvgIpc) is 2.33. The second-order valence-electron chi connectivity index (χ2n) is 5.59. The molecule has 4 atom stereocenters. The summed E-state index contributed by atoms with van der Waals surface area (Å²) in [5.74, 6) is -0.0203. The SMILES string of the molecule is CC1CC2C(C)(C)C3C(=O)OC(=O)C123. The van der Waals surface area contributed by atoms with Crippen molar-refractivity contribution in [3.63, 3.8) is 0 Å². The average molecular weight is 194 g/mol. The number of rotatable bonds is 0. The number of hydrogen-bond acceptors (Lipinski definition) is 3. The highest BCUT2D eigenvalue weighted by atomic mass is 16.6. The topological polar surface area (TPSA) is 43.4 Å². The highest BCUT2D eigenvalue weighted by Crippen LogP contribution is 2.78. The van der Waals surface area contributed by atoms with Crippen molar-refractivity contribution in [3.8, 4) is 0 Å². The van der Waals surface area contributed by atoms with Gasteiger partial charge in [0.2, 0.25) is 0 Å². The summed E-state index contributed by atoms with van der Waals surface area (Å²) in [6.07, 6.45) is 1.06. The normalized spacial score (nSPS) is 52.6. The second-order valence-corrected chi connectivity index (χ2v) is 5.59. The Kier molecular flexibility index (Phi) is 1.15. The Morgan fingerprint density at radius 1 is 1.36 bits per heavy atom. The largest absolute Gasteiger partial charge is 0.392 e. The fourth-order valence-electron chi connectivity index (χ4n) is 4.25. The molecule has 4 unspecified atom stereocenters. The molecule has 3 aliphatic rings. The van der Waals surface area contributed by atoms with Crippen LogP contribution in [0.4, 0.5) is 0 Å². The fourth-order valence-corrected chi connectivity index (χ4v) is 4.25. The molecule has 0 aromatic rings. The lowest BCUT2D eigenvalue weighted by molar-refractivity contribution is -0.250. The van der Waals surface area contributed by atoms with E-state index < -0.39 is 5.41 Å². The molecule has 3 heteroatoms. The van der Waals surface area contributed by atoms with E-state index in [1.807, 2.05) is 0 Å². The Labute approximate surface area is 82.8 Å². The van der Waals surface area contributed by atoms with Gasteiger partial charge in [0.05, 0.1) is 11.3 Å². The molecule has 1 saturated heterocycles. The van der Waals surface area contributed by atoms with E-state index in [1.54, 1.807) is 0 Å². The first-order chi connectivity index (χ1) is 6.43. The summed E-state index contributed by atoms with van der Waals surface area (Å²) >= 11 is 0. The number of cyclic esters (lactones) is 2. The summed E-state index contributed by atoms with van der Waals surface area (Å²) in [5, 5.41) is 0.